The summed E-state index contributed by atoms with van der Waals surface area (Å²) in [5.41, 5.74) is 7.10. The maximum absolute atomic E-state index is 5.90. The molecule has 0 aromatic heterocycles. The number of halogens is 2. The molecular formula is C10H12Cl2N2O. The summed E-state index contributed by atoms with van der Waals surface area (Å²) in [6.45, 7) is 0.502. The third-order valence-corrected chi connectivity index (χ3v) is 2.57. The van der Waals surface area contributed by atoms with Crippen LogP contribution in [0.4, 0.5) is 0 Å². The first kappa shape index (κ1) is 12.3. The summed E-state index contributed by atoms with van der Waals surface area (Å²) < 4.78 is 0. The van der Waals surface area contributed by atoms with Crippen molar-refractivity contribution in [2.75, 3.05) is 13.7 Å². The Morgan fingerprint density at radius 3 is 2.67 bits per heavy atom. The first-order chi connectivity index (χ1) is 7.19. The fourth-order valence-electron chi connectivity index (χ4n) is 1.17. The van der Waals surface area contributed by atoms with Crippen LogP contribution in [0.3, 0.4) is 0 Å². The third-order valence-electron chi connectivity index (χ3n) is 1.84. The minimum absolute atomic E-state index is 0.495. The van der Waals surface area contributed by atoms with Gasteiger partial charge in [-0.1, -0.05) is 34.4 Å². The fraction of sp³-hybridized carbons (Fsp3) is 0.300. The maximum atomic E-state index is 5.90. The van der Waals surface area contributed by atoms with Crippen LogP contribution in [0.25, 0.3) is 0 Å². The van der Waals surface area contributed by atoms with Gasteiger partial charge in [0.05, 0.1) is 15.8 Å². The lowest BCUT2D eigenvalue weighted by atomic mass is 10.1. The fourth-order valence-corrected chi connectivity index (χ4v) is 1.46. The van der Waals surface area contributed by atoms with Gasteiger partial charge in [0, 0.05) is 12.0 Å². The highest BCUT2D eigenvalue weighted by Gasteiger charge is 2.06. The molecule has 0 spiro atoms. The van der Waals surface area contributed by atoms with Crippen LogP contribution in [0, 0.1) is 0 Å². The van der Waals surface area contributed by atoms with E-state index >= 15 is 0 Å². The summed E-state index contributed by atoms with van der Waals surface area (Å²) in [6, 6.07) is 5.31. The minimum atomic E-state index is 0.495. The van der Waals surface area contributed by atoms with Crippen LogP contribution >= 0.6 is 23.2 Å². The normalized spacial score (nSPS) is 11.6. The number of rotatable bonds is 4. The van der Waals surface area contributed by atoms with Crippen molar-refractivity contribution in [3.05, 3.63) is 33.8 Å². The van der Waals surface area contributed by atoms with Gasteiger partial charge in [0.1, 0.15) is 7.11 Å². The van der Waals surface area contributed by atoms with Crippen LogP contribution in [0.2, 0.25) is 10.0 Å². The largest absolute Gasteiger partial charge is 0.399 e. The Labute approximate surface area is 98.8 Å². The summed E-state index contributed by atoms with van der Waals surface area (Å²) in [5, 5.41) is 4.90. The van der Waals surface area contributed by atoms with Crippen LogP contribution < -0.4 is 5.73 Å². The molecule has 2 N–H and O–H groups in total. The molecule has 0 amide bonds. The molecule has 0 unspecified atom stereocenters. The predicted octanol–water partition coefficient (Wildman–Crippen LogP) is 2.69. The van der Waals surface area contributed by atoms with Gasteiger partial charge in [-0.05, 0) is 18.7 Å². The van der Waals surface area contributed by atoms with E-state index in [0.717, 1.165) is 11.3 Å². The van der Waals surface area contributed by atoms with Crippen LogP contribution in [0.15, 0.2) is 23.4 Å². The van der Waals surface area contributed by atoms with Crippen LogP contribution in [-0.4, -0.2) is 19.4 Å². The van der Waals surface area contributed by atoms with Crippen molar-refractivity contribution in [1.82, 2.24) is 0 Å². The number of nitrogens with zero attached hydrogens (tertiary/aromatic N) is 1. The number of hydrogen-bond acceptors (Lipinski definition) is 3. The second kappa shape index (κ2) is 5.95. The van der Waals surface area contributed by atoms with E-state index in [1.54, 1.807) is 12.1 Å². The molecule has 82 valence electrons. The summed E-state index contributed by atoms with van der Waals surface area (Å²) in [4.78, 5) is 4.74. The van der Waals surface area contributed by atoms with E-state index in [1.807, 2.05) is 6.07 Å². The Bertz CT molecular complexity index is 366. The van der Waals surface area contributed by atoms with Gasteiger partial charge in [0.25, 0.3) is 0 Å². The molecule has 0 aliphatic heterocycles. The van der Waals surface area contributed by atoms with E-state index in [0.29, 0.717) is 23.0 Å². The highest BCUT2D eigenvalue weighted by atomic mass is 35.5. The Balaban J connectivity index is 3.01. The molecule has 1 aromatic carbocycles. The molecule has 0 atom stereocenters. The van der Waals surface area contributed by atoms with Gasteiger partial charge in [-0.25, -0.2) is 0 Å². The Kier molecular flexibility index (Phi) is 4.88. The van der Waals surface area contributed by atoms with Gasteiger partial charge in [-0.3, -0.25) is 0 Å². The maximum Gasteiger partial charge on any atom is 0.106 e. The first-order valence-electron chi connectivity index (χ1n) is 4.44. The van der Waals surface area contributed by atoms with Gasteiger partial charge in [0.15, 0.2) is 0 Å². The lowest BCUT2D eigenvalue weighted by Gasteiger charge is -2.05. The molecule has 5 heteroatoms. The Morgan fingerprint density at radius 2 is 2.13 bits per heavy atom. The van der Waals surface area contributed by atoms with Crippen LogP contribution in [-0.2, 0) is 4.84 Å². The lowest BCUT2D eigenvalue weighted by molar-refractivity contribution is 0.213. The molecule has 0 radical (unpaired) electrons. The number of nitrogens with two attached hydrogens (primary N) is 1. The van der Waals surface area contributed by atoms with Crippen molar-refractivity contribution in [2.45, 2.75) is 6.42 Å². The topological polar surface area (TPSA) is 47.6 Å². The molecular weight excluding hydrogens is 235 g/mol. The van der Waals surface area contributed by atoms with Crippen molar-refractivity contribution < 1.29 is 4.84 Å². The van der Waals surface area contributed by atoms with Crippen molar-refractivity contribution >= 4 is 28.9 Å². The van der Waals surface area contributed by atoms with Gasteiger partial charge in [-0.2, -0.15) is 0 Å². The third kappa shape index (κ3) is 3.38. The van der Waals surface area contributed by atoms with Crippen LogP contribution in [0.1, 0.15) is 12.0 Å². The molecule has 0 heterocycles. The summed E-state index contributed by atoms with van der Waals surface area (Å²) in [7, 11) is 1.49. The van der Waals surface area contributed by atoms with Crippen LogP contribution in [0.5, 0.6) is 0 Å². The first-order valence-corrected chi connectivity index (χ1v) is 5.20. The molecule has 0 fully saturated rings. The SMILES string of the molecule is CO/N=C(/CCN)c1ccc(Cl)c(Cl)c1. The molecule has 15 heavy (non-hydrogen) atoms. The zero-order chi connectivity index (χ0) is 11.3. The van der Waals surface area contributed by atoms with Gasteiger partial charge in [-0.15, -0.1) is 0 Å². The van der Waals surface area contributed by atoms with E-state index < -0.39 is 0 Å². The summed E-state index contributed by atoms with van der Waals surface area (Å²) >= 11 is 11.7. The van der Waals surface area contributed by atoms with Crippen molar-refractivity contribution in [3.8, 4) is 0 Å². The average molecular weight is 247 g/mol. The minimum Gasteiger partial charge on any atom is -0.399 e. The molecule has 1 rings (SSSR count). The van der Waals surface area contributed by atoms with Gasteiger partial charge >= 0.3 is 0 Å². The highest BCUT2D eigenvalue weighted by molar-refractivity contribution is 6.42. The molecule has 3 nitrogen and oxygen atoms in total. The van der Waals surface area contributed by atoms with Crippen molar-refractivity contribution in [3.63, 3.8) is 0 Å². The molecule has 0 aliphatic carbocycles. The second-order valence-electron chi connectivity index (χ2n) is 2.89. The monoisotopic (exact) mass is 246 g/mol. The number of benzene rings is 1. The summed E-state index contributed by atoms with van der Waals surface area (Å²) in [5.74, 6) is 0. The Hall–Kier alpha value is -0.770. The Morgan fingerprint density at radius 1 is 1.40 bits per heavy atom. The number of hydrogen-bond donors (Lipinski definition) is 1. The van der Waals surface area contributed by atoms with Crippen molar-refractivity contribution in [2.24, 2.45) is 10.9 Å². The standard InChI is InChI=1S/C10H12Cl2N2O/c1-15-14-10(4-5-13)7-2-3-8(11)9(12)6-7/h2-3,6H,4-5,13H2,1H3/b14-10-. The quantitative estimate of drug-likeness (QED) is 0.656. The molecule has 0 saturated heterocycles. The van der Waals surface area contributed by atoms with E-state index in [-0.39, 0.29) is 0 Å². The zero-order valence-corrected chi connectivity index (χ0v) is 9.85. The molecule has 1 aromatic rings. The van der Waals surface area contributed by atoms with E-state index in [2.05, 4.69) is 5.16 Å². The van der Waals surface area contributed by atoms with E-state index in [9.17, 15) is 0 Å². The zero-order valence-electron chi connectivity index (χ0n) is 8.34. The molecule has 0 aliphatic rings. The number of oxime groups is 1. The lowest BCUT2D eigenvalue weighted by Crippen LogP contribution is -2.09. The van der Waals surface area contributed by atoms with Gasteiger partial charge in [0.2, 0.25) is 0 Å². The summed E-state index contributed by atoms with van der Waals surface area (Å²) in [6.07, 6.45) is 0.631. The second-order valence-corrected chi connectivity index (χ2v) is 3.70. The predicted molar refractivity (Wildman–Crippen MR) is 63.7 cm³/mol. The highest BCUT2D eigenvalue weighted by Crippen LogP contribution is 2.23. The van der Waals surface area contributed by atoms with Crippen molar-refractivity contribution in [1.29, 1.82) is 0 Å². The van der Waals surface area contributed by atoms with Gasteiger partial charge < -0.3 is 10.6 Å². The van der Waals surface area contributed by atoms with E-state index in [1.165, 1.54) is 7.11 Å². The average Bonchev–Trinajstić information content (AvgIpc) is 2.22. The smallest absolute Gasteiger partial charge is 0.106 e. The van der Waals surface area contributed by atoms with E-state index in [4.69, 9.17) is 33.8 Å². The molecule has 0 bridgehead atoms. The molecule has 0 saturated carbocycles.